The van der Waals surface area contributed by atoms with Crippen LogP contribution in [-0.2, 0) is 14.9 Å². The lowest BCUT2D eigenvalue weighted by molar-refractivity contribution is 0.175. The van der Waals surface area contributed by atoms with Crippen LogP contribution in [0.1, 0.15) is 19.8 Å². The number of hydrogen-bond acceptors (Lipinski definition) is 4. The Kier molecular flexibility index (Phi) is 5.81. The van der Waals surface area contributed by atoms with Crippen molar-refractivity contribution in [2.45, 2.75) is 25.8 Å². The Hall–Kier alpha value is -0.210. The lowest BCUT2D eigenvalue weighted by atomic mass is 10.0. The fraction of sp³-hybridized carbons (Fsp3) is 1.00. The molecule has 1 aliphatic rings. The van der Waals surface area contributed by atoms with Gasteiger partial charge in [-0.1, -0.05) is 6.92 Å². The molecule has 17 heavy (non-hydrogen) atoms. The van der Waals surface area contributed by atoms with Crippen LogP contribution in [0.4, 0.5) is 0 Å². The fourth-order valence-corrected chi connectivity index (χ4v) is 3.56. The average molecular weight is 265 g/mol. The lowest BCUT2D eigenvalue weighted by Gasteiger charge is -2.31. The Labute approximate surface area is 104 Å². The van der Waals surface area contributed by atoms with Crippen molar-refractivity contribution in [3.8, 4) is 0 Å². The molecule has 0 spiro atoms. The minimum Gasteiger partial charge on any atom is -0.383 e. The first-order valence-corrected chi connectivity index (χ1v) is 7.40. The van der Waals surface area contributed by atoms with Crippen LogP contribution >= 0.6 is 0 Å². The number of ether oxygens (including phenoxy) is 1. The van der Waals surface area contributed by atoms with Crippen LogP contribution in [-0.4, -0.2) is 52.1 Å². The number of rotatable bonds is 6. The molecule has 0 saturated carbocycles. The van der Waals surface area contributed by atoms with E-state index in [2.05, 4.69) is 11.6 Å². The summed E-state index contributed by atoms with van der Waals surface area (Å²) in [4.78, 5) is 0. The predicted molar refractivity (Wildman–Crippen MR) is 66.7 cm³/mol. The first-order valence-electron chi connectivity index (χ1n) is 5.96. The molecule has 102 valence electrons. The van der Waals surface area contributed by atoms with Gasteiger partial charge in [-0.3, -0.25) is 0 Å². The van der Waals surface area contributed by atoms with Crippen molar-refractivity contribution in [3.63, 3.8) is 0 Å². The second-order valence-corrected chi connectivity index (χ2v) is 6.32. The monoisotopic (exact) mass is 265 g/mol. The summed E-state index contributed by atoms with van der Waals surface area (Å²) in [6.07, 6.45) is 2.00. The first kappa shape index (κ1) is 14.8. The van der Waals surface area contributed by atoms with Gasteiger partial charge in [0.15, 0.2) is 0 Å². The summed E-state index contributed by atoms with van der Waals surface area (Å²) in [6, 6.07) is -0.359. The number of methoxy groups -OCH3 is 1. The minimum atomic E-state index is -3.43. The second-order valence-electron chi connectivity index (χ2n) is 4.62. The Morgan fingerprint density at radius 2 is 2.29 bits per heavy atom. The first-order chi connectivity index (χ1) is 7.99. The molecule has 0 aromatic rings. The van der Waals surface area contributed by atoms with E-state index in [0.29, 0.717) is 25.6 Å². The molecule has 0 radical (unpaired) electrons. The van der Waals surface area contributed by atoms with Gasteiger partial charge in [0.25, 0.3) is 10.2 Å². The molecule has 1 heterocycles. The maximum Gasteiger partial charge on any atom is 0.279 e. The van der Waals surface area contributed by atoms with Gasteiger partial charge in [0.05, 0.1) is 12.6 Å². The third kappa shape index (κ3) is 4.51. The van der Waals surface area contributed by atoms with Crippen LogP contribution in [0.5, 0.6) is 0 Å². The highest BCUT2D eigenvalue weighted by atomic mass is 32.2. The Balaban J connectivity index is 2.60. The molecule has 0 aliphatic carbocycles. The third-order valence-electron chi connectivity index (χ3n) is 2.93. The smallest absolute Gasteiger partial charge is 0.279 e. The molecule has 1 saturated heterocycles. The van der Waals surface area contributed by atoms with Gasteiger partial charge in [0, 0.05) is 26.7 Å². The summed E-state index contributed by atoms with van der Waals surface area (Å²) in [7, 11) is -1.90. The summed E-state index contributed by atoms with van der Waals surface area (Å²) >= 11 is 0. The maximum atomic E-state index is 12.1. The number of nitrogens with two attached hydrogens (primary N) is 1. The predicted octanol–water partition coefficient (Wildman–Crippen LogP) is -0.474. The number of nitrogens with one attached hydrogen (secondary N) is 1. The van der Waals surface area contributed by atoms with Gasteiger partial charge >= 0.3 is 0 Å². The average Bonchev–Trinajstić information content (AvgIpc) is 2.28. The molecule has 7 heteroatoms. The Morgan fingerprint density at radius 1 is 1.59 bits per heavy atom. The topological polar surface area (TPSA) is 84.7 Å². The summed E-state index contributed by atoms with van der Waals surface area (Å²) in [5.41, 5.74) is 5.50. The van der Waals surface area contributed by atoms with E-state index in [9.17, 15) is 8.42 Å². The van der Waals surface area contributed by atoms with Gasteiger partial charge < -0.3 is 10.5 Å². The minimum absolute atomic E-state index is 0.233. The molecule has 0 aromatic heterocycles. The van der Waals surface area contributed by atoms with E-state index in [1.54, 1.807) is 0 Å². The molecule has 1 rings (SSSR count). The molecule has 3 N–H and O–H groups in total. The van der Waals surface area contributed by atoms with E-state index >= 15 is 0 Å². The van der Waals surface area contributed by atoms with Gasteiger partial charge in [-0.25, -0.2) is 0 Å². The third-order valence-corrected chi connectivity index (χ3v) is 4.57. The van der Waals surface area contributed by atoms with Crippen LogP contribution in [0.15, 0.2) is 0 Å². The second kappa shape index (κ2) is 6.65. The van der Waals surface area contributed by atoms with Gasteiger partial charge in [0.1, 0.15) is 0 Å². The van der Waals surface area contributed by atoms with Gasteiger partial charge in [-0.05, 0) is 18.8 Å². The number of nitrogens with zero attached hydrogens (tertiary/aromatic N) is 1. The molecule has 0 bridgehead atoms. The molecular formula is C10H23N3O3S. The van der Waals surface area contributed by atoms with Crippen LogP contribution in [0.25, 0.3) is 0 Å². The standard InChI is InChI=1S/C10H23N3O3S/c1-9-4-3-5-13(7-9)17(14,15)12-10(6-11)8-16-2/h9-10,12H,3-8,11H2,1-2H3. The lowest BCUT2D eigenvalue weighted by Crippen LogP contribution is -2.51. The van der Waals surface area contributed by atoms with E-state index in [-0.39, 0.29) is 12.6 Å². The highest BCUT2D eigenvalue weighted by molar-refractivity contribution is 7.87. The quantitative estimate of drug-likeness (QED) is 0.680. The van der Waals surface area contributed by atoms with E-state index in [0.717, 1.165) is 12.8 Å². The van der Waals surface area contributed by atoms with Crippen LogP contribution in [0.2, 0.25) is 0 Å². The van der Waals surface area contributed by atoms with Crippen molar-refractivity contribution in [3.05, 3.63) is 0 Å². The zero-order valence-corrected chi connectivity index (χ0v) is 11.4. The fourth-order valence-electron chi connectivity index (χ4n) is 2.00. The highest BCUT2D eigenvalue weighted by Crippen LogP contribution is 2.17. The highest BCUT2D eigenvalue weighted by Gasteiger charge is 2.28. The Bertz CT molecular complexity index is 321. The zero-order chi connectivity index (χ0) is 12.9. The molecule has 2 unspecified atom stereocenters. The zero-order valence-electron chi connectivity index (χ0n) is 10.6. The summed E-state index contributed by atoms with van der Waals surface area (Å²) in [5, 5.41) is 0. The SMILES string of the molecule is COCC(CN)NS(=O)(=O)N1CCCC(C)C1. The molecule has 1 aliphatic heterocycles. The summed E-state index contributed by atoms with van der Waals surface area (Å²) in [5.74, 6) is 0.416. The van der Waals surface area contributed by atoms with Gasteiger partial charge in [0.2, 0.25) is 0 Å². The van der Waals surface area contributed by atoms with Crippen LogP contribution in [0, 0.1) is 5.92 Å². The van der Waals surface area contributed by atoms with E-state index in [1.807, 2.05) is 0 Å². The summed E-state index contributed by atoms with van der Waals surface area (Å²) in [6.45, 7) is 3.76. The Morgan fingerprint density at radius 3 is 2.82 bits per heavy atom. The molecule has 0 amide bonds. The van der Waals surface area contributed by atoms with Crippen molar-refractivity contribution in [1.82, 2.24) is 9.03 Å². The number of hydrogen-bond donors (Lipinski definition) is 2. The van der Waals surface area contributed by atoms with Crippen molar-refractivity contribution >= 4 is 10.2 Å². The molecule has 0 aromatic carbocycles. The van der Waals surface area contributed by atoms with Crippen molar-refractivity contribution in [2.24, 2.45) is 11.7 Å². The van der Waals surface area contributed by atoms with Gasteiger partial charge in [-0.15, -0.1) is 0 Å². The molecule has 2 atom stereocenters. The van der Waals surface area contributed by atoms with Crippen LogP contribution < -0.4 is 10.5 Å². The van der Waals surface area contributed by atoms with Crippen molar-refractivity contribution in [1.29, 1.82) is 0 Å². The summed E-state index contributed by atoms with van der Waals surface area (Å²) < 4.78 is 33.2. The van der Waals surface area contributed by atoms with Crippen LogP contribution in [0.3, 0.4) is 0 Å². The molecular weight excluding hydrogens is 242 g/mol. The number of piperidine rings is 1. The van der Waals surface area contributed by atoms with Gasteiger partial charge in [-0.2, -0.15) is 17.4 Å². The molecule has 1 fully saturated rings. The maximum absolute atomic E-state index is 12.1. The largest absolute Gasteiger partial charge is 0.383 e. The van der Waals surface area contributed by atoms with Crippen molar-refractivity contribution < 1.29 is 13.2 Å². The van der Waals surface area contributed by atoms with E-state index < -0.39 is 10.2 Å². The van der Waals surface area contributed by atoms with E-state index in [4.69, 9.17) is 10.5 Å². The normalized spacial score (nSPS) is 24.8. The van der Waals surface area contributed by atoms with E-state index in [1.165, 1.54) is 11.4 Å². The molecule has 6 nitrogen and oxygen atoms in total. The van der Waals surface area contributed by atoms with Crippen molar-refractivity contribution in [2.75, 3.05) is 33.4 Å².